The summed E-state index contributed by atoms with van der Waals surface area (Å²) in [5, 5.41) is 24.1. The Hall–Kier alpha value is -3.71. The summed E-state index contributed by atoms with van der Waals surface area (Å²) in [5.41, 5.74) is 0.881. The van der Waals surface area contributed by atoms with Gasteiger partial charge in [-0.2, -0.15) is 0 Å². The molecular formula is C69H118Gd2N10O13-6. The number of hydrogen-bond acceptors (Lipinski definition) is 19. The van der Waals surface area contributed by atoms with E-state index in [-0.39, 0.29) is 169 Å². The van der Waals surface area contributed by atoms with Crippen molar-refractivity contribution in [3.63, 3.8) is 0 Å². The smallest absolute Gasteiger partial charge is 0.328 e. The number of carbonyl (C=O) groups is 8. The van der Waals surface area contributed by atoms with Crippen molar-refractivity contribution in [1.82, 2.24) is 49.8 Å². The first-order valence-electron chi connectivity index (χ1n) is 30.7. The van der Waals surface area contributed by atoms with E-state index in [1.165, 1.54) is 14.2 Å². The maximum Gasteiger partial charge on any atom is 0.328 e. The van der Waals surface area contributed by atoms with Crippen LogP contribution in [0.5, 0.6) is 0 Å². The SMILES string of the molecule is CCN1CCN(CC)CCN(CC(=O)O)CCN(CC#CCOC(=O)CCC(NC(=O)c2ccccc2)C(=O)OC)CC1.CCN1CCN(CC)CCN(CC(=O)O)CCN(CCC(=O)CCCCCC(NC(=O)c2ccccc2)C(=O)OC)CC1.[CH3-].[CH3-].[CH3-].[CH3-].[CH3-].[CH3-].[Gd].[Gd]. The van der Waals surface area contributed by atoms with Crippen LogP contribution in [-0.2, 0) is 43.0 Å². The van der Waals surface area contributed by atoms with Crippen molar-refractivity contribution >= 4 is 47.4 Å². The standard InChI is InChI=1S/C32H53N5O6.C31H47N5O7.6CH3.2Gd/c1-4-34-18-19-35(5-2)21-24-37(26-30(39)40)25-23-36(22-20-34)17-16-28(38)14-10-7-11-15-29(32(42)43-3)33-31(41)27-12-8-6-9-13-27;1-4-33-16-17-34(5-2)19-22-36(25-28(37)38)23-21-35(20-18-33)15-9-10-24-43-29(39)14-13-27(31(41)42-3)32-30(40)26-11-7-6-8-12-26;;;;;;;;/h6,8-9,12-13,29H,4-5,7,10-11,14-26H2,1-3H3,(H,33,41)(H,39,40);6-8,11-12,27H,4-5,13-25H2,1-3H3,(H,32,40)(H,37,38);6*1H3;;/q;;6*-1;;. The molecule has 23 nitrogen and oxygen atoms in total. The van der Waals surface area contributed by atoms with Gasteiger partial charge in [-0.1, -0.05) is 88.8 Å². The molecule has 0 bridgehead atoms. The van der Waals surface area contributed by atoms with Gasteiger partial charge in [-0.25, -0.2) is 9.59 Å². The van der Waals surface area contributed by atoms with Gasteiger partial charge in [-0.3, -0.25) is 43.5 Å². The van der Waals surface area contributed by atoms with E-state index in [0.717, 1.165) is 111 Å². The summed E-state index contributed by atoms with van der Waals surface area (Å²) in [7, 11) is 2.53. The molecule has 2 heterocycles. The molecule has 0 spiro atoms. The molecular weight excluding hydrogens is 1490 g/mol. The number of esters is 3. The van der Waals surface area contributed by atoms with E-state index in [4.69, 9.17) is 14.2 Å². The van der Waals surface area contributed by atoms with Gasteiger partial charge in [0.05, 0.1) is 33.9 Å². The predicted molar refractivity (Wildman–Crippen MR) is 368 cm³/mol. The van der Waals surface area contributed by atoms with E-state index in [1.54, 1.807) is 54.6 Å². The molecule has 0 saturated carbocycles. The Morgan fingerprint density at radius 1 is 0.447 bits per heavy atom. The quantitative estimate of drug-likeness (QED) is 0.0268. The maximum atomic E-state index is 12.8. The number of unbranched alkanes of at least 4 members (excludes halogenated alkanes) is 2. The molecule has 2 aliphatic rings. The Kier molecular flexibility index (Phi) is 66.4. The molecule has 0 radical (unpaired) electrons. The van der Waals surface area contributed by atoms with Crippen LogP contribution in [0.15, 0.2) is 60.7 Å². The van der Waals surface area contributed by atoms with Gasteiger partial charge in [0, 0.05) is 222 Å². The zero-order valence-corrected chi connectivity index (χ0v) is 63.5. The number of carboxylic acid groups (broad SMARTS) is 2. The van der Waals surface area contributed by atoms with Crippen LogP contribution in [0.25, 0.3) is 0 Å². The van der Waals surface area contributed by atoms with Crippen LogP contribution in [0, 0.1) is 136 Å². The Morgan fingerprint density at radius 3 is 1.16 bits per heavy atom. The maximum absolute atomic E-state index is 12.8. The van der Waals surface area contributed by atoms with Crippen LogP contribution in [0.1, 0.15) is 99.8 Å². The molecule has 2 saturated heterocycles. The summed E-state index contributed by atoms with van der Waals surface area (Å²) in [5.74, 6) is 2.11. The number of hydrogen-bond donors (Lipinski definition) is 4. The van der Waals surface area contributed by atoms with Crippen molar-refractivity contribution in [2.75, 3.05) is 178 Å². The number of carboxylic acids is 2. The van der Waals surface area contributed by atoms with Crippen LogP contribution in [0.2, 0.25) is 0 Å². The average Bonchev–Trinajstić information content (AvgIpc) is 1.35. The third-order valence-electron chi connectivity index (χ3n) is 15.5. The Balaban J connectivity index is -0.000000380. The molecule has 94 heavy (non-hydrogen) atoms. The van der Waals surface area contributed by atoms with E-state index in [9.17, 15) is 48.6 Å². The van der Waals surface area contributed by atoms with E-state index in [0.29, 0.717) is 82.6 Å². The summed E-state index contributed by atoms with van der Waals surface area (Å²) >= 11 is 0. The Morgan fingerprint density at radius 2 is 0.798 bits per heavy atom. The Labute approximate surface area is 631 Å². The normalized spacial score (nSPS) is 15.7. The van der Waals surface area contributed by atoms with Crippen LogP contribution in [0.4, 0.5) is 0 Å². The molecule has 2 aromatic carbocycles. The van der Waals surface area contributed by atoms with Crippen LogP contribution in [-0.4, -0.2) is 287 Å². The largest absolute Gasteiger partial charge is 0.480 e. The second-order valence-electron chi connectivity index (χ2n) is 21.5. The first kappa shape index (κ1) is 101. The first-order chi connectivity index (χ1) is 41.5. The minimum atomic E-state index is -0.987. The van der Waals surface area contributed by atoms with Gasteiger partial charge in [-0.15, -0.1) is 0 Å². The second kappa shape index (κ2) is 61.6. The van der Waals surface area contributed by atoms with Crippen molar-refractivity contribution in [3.8, 4) is 11.8 Å². The second-order valence-corrected chi connectivity index (χ2v) is 21.5. The number of nitrogens with one attached hydrogen (secondary N) is 2. The number of amides is 2. The predicted octanol–water partition coefficient (Wildman–Crippen LogP) is 5.55. The molecule has 0 aromatic heterocycles. The number of nitrogens with zero attached hydrogens (tertiary/aromatic N) is 8. The third-order valence-corrected chi connectivity index (χ3v) is 15.5. The zero-order chi connectivity index (χ0) is 62.9. The number of Topliss-reactive ketones (excluding diaryl/α,β-unsaturated/α-hetero) is 1. The molecule has 2 aromatic rings. The number of ether oxygens (including phenoxy) is 3. The number of benzene rings is 2. The van der Waals surface area contributed by atoms with Gasteiger partial charge in [0.2, 0.25) is 0 Å². The van der Waals surface area contributed by atoms with Crippen LogP contribution < -0.4 is 10.6 Å². The van der Waals surface area contributed by atoms with Crippen LogP contribution in [0.3, 0.4) is 0 Å². The molecule has 2 unspecified atom stereocenters. The van der Waals surface area contributed by atoms with Gasteiger partial charge >= 0.3 is 29.8 Å². The number of aliphatic carboxylic acids is 2. The van der Waals surface area contributed by atoms with Gasteiger partial charge in [0.15, 0.2) is 6.61 Å². The summed E-state index contributed by atoms with van der Waals surface area (Å²) in [6, 6.07) is 15.5. The topological polar surface area (TPSA) is 255 Å². The third kappa shape index (κ3) is 45.0. The fourth-order valence-corrected chi connectivity index (χ4v) is 9.87. The molecule has 4 N–H and O–H groups in total. The molecule has 25 heteroatoms. The molecule has 544 valence electrons. The summed E-state index contributed by atoms with van der Waals surface area (Å²) in [6.45, 7) is 26.5. The van der Waals surface area contributed by atoms with E-state index in [1.807, 2.05) is 15.9 Å². The van der Waals surface area contributed by atoms with E-state index >= 15 is 0 Å². The molecule has 2 fully saturated rings. The zero-order valence-electron chi connectivity index (χ0n) is 58.9. The molecule has 2 amide bonds. The number of ketones is 1. The Bertz CT molecular complexity index is 2390. The van der Waals surface area contributed by atoms with Crippen molar-refractivity contribution in [2.45, 2.75) is 91.1 Å². The number of likely N-dealkylation sites (N-methyl/N-ethyl adjacent to an activating group) is 4. The fraction of sp³-hybridized carbons (Fsp3) is 0.594. The van der Waals surface area contributed by atoms with Crippen LogP contribution >= 0.6 is 0 Å². The first-order valence-corrected chi connectivity index (χ1v) is 30.7. The number of rotatable bonds is 28. The summed E-state index contributed by atoms with van der Waals surface area (Å²) < 4.78 is 14.9. The molecule has 2 aliphatic heterocycles. The van der Waals surface area contributed by atoms with Gasteiger partial charge in [-0.05, 0) is 69.7 Å². The minimum Gasteiger partial charge on any atom is -0.480 e. The van der Waals surface area contributed by atoms with Crippen molar-refractivity contribution in [1.29, 1.82) is 0 Å². The monoisotopic (exact) mass is 1610 g/mol. The van der Waals surface area contributed by atoms with Gasteiger partial charge in [0.1, 0.15) is 17.9 Å². The number of methoxy groups -OCH3 is 2. The summed E-state index contributed by atoms with van der Waals surface area (Å²) in [6.07, 6.45) is 3.52. The molecule has 0 aliphatic carbocycles. The minimum absolute atomic E-state index is 0. The average molecular weight is 1610 g/mol. The van der Waals surface area contributed by atoms with Gasteiger partial charge < -0.3 is 104 Å². The van der Waals surface area contributed by atoms with Crippen molar-refractivity contribution < 1.29 is 143 Å². The number of carbonyl (C=O) groups excluding carboxylic acids is 6. The summed E-state index contributed by atoms with van der Waals surface area (Å²) in [4.78, 5) is 115. The van der Waals surface area contributed by atoms with E-state index < -0.39 is 47.8 Å². The molecule has 2 atom stereocenters. The fourth-order valence-electron chi connectivity index (χ4n) is 9.87. The van der Waals surface area contributed by atoms with Gasteiger partial charge in [0.25, 0.3) is 11.8 Å². The van der Waals surface area contributed by atoms with Crippen molar-refractivity contribution in [2.24, 2.45) is 0 Å². The van der Waals surface area contributed by atoms with E-state index in [2.05, 4.69) is 79.6 Å². The van der Waals surface area contributed by atoms with Crippen molar-refractivity contribution in [3.05, 3.63) is 116 Å². The molecule has 4 rings (SSSR count).